The maximum Gasteiger partial charge on any atom is 0.230 e. The standard InChI is InChI=1S/C18H21NO3S/c1-14-3-5-16(6-4-14)22-12-11-19-18(20)13-23-17-9-7-15(21-2)8-10-17/h3-10H,11-13H2,1-2H3,(H,19,20). The number of carbonyl (C=O) groups is 1. The summed E-state index contributed by atoms with van der Waals surface area (Å²) in [7, 11) is 1.63. The number of thioether (sulfide) groups is 1. The van der Waals surface area contributed by atoms with Crippen LogP contribution in [0.3, 0.4) is 0 Å². The van der Waals surface area contributed by atoms with Gasteiger partial charge in [-0.15, -0.1) is 11.8 Å². The highest BCUT2D eigenvalue weighted by Crippen LogP contribution is 2.20. The summed E-state index contributed by atoms with van der Waals surface area (Å²) >= 11 is 1.50. The highest BCUT2D eigenvalue weighted by molar-refractivity contribution is 8.00. The van der Waals surface area contributed by atoms with Crippen LogP contribution in [0.1, 0.15) is 5.56 Å². The van der Waals surface area contributed by atoms with E-state index in [0.717, 1.165) is 16.4 Å². The van der Waals surface area contributed by atoms with Crippen LogP contribution in [-0.4, -0.2) is 31.9 Å². The Morgan fingerprint density at radius 1 is 1.04 bits per heavy atom. The van der Waals surface area contributed by atoms with Crippen LogP contribution in [0.4, 0.5) is 0 Å². The maximum atomic E-state index is 11.8. The van der Waals surface area contributed by atoms with Gasteiger partial charge in [-0.05, 0) is 43.3 Å². The van der Waals surface area contributed by atoms with Crippen molar-refractivity contribution in [2.24, 2.45) is 0 Å². The lowest BCUT2D eigenvalue weighted by Crippen LogP contribution is -2.29. The fourth-order valence-electron chi connectivity index (χ4n) is 1.87. The van der Waals surface area contributed by atoms with Gasteiger partial charge in [0.1, 0.15) is 18.1 Å². The van der Waals surface area contributed by atoms with Crippen LogP contribution in [0.2, 0.25) is 0 Å². The Hall–Kier alpha value is -2.14. The van der Waals surface area contributed by atoms with E-state index in [1.807, 2.05) is 55.5 Å². The number of methoxy groups -OCH3 is 1. The van der Waals surface area contributed by atoms with Crippen molar-refractivity contribution >= 4 is 17.7 Å². The molecule has 0 bridgehead atoms. The zero-order valence-corrected chi connectivity index (χ0v) is 14.2. The van der Waals surface area contributed by atoms with E-state index >= 15 is 0 Å². The molecule has 122 valence electrons. The Kier molecular flexibility index (Phi) is 6.81. The van der Waals surface area contributed by atoms with Crippen molar-refractivity contribution in [3.63, 3.8) is 0 Å². The molecule has 1 N–H and O–H groups in total. The number of ether oxygens (including phenoxy) is 2. The summed E-state index contributed by atoms with van der Waals surface area (Å²) < 4.78 is 10.7. The smallest absolute Gasteiger partial charge is 0.230 e. The molecule has 2 aromatic rings. The van der Waals surface area contributed by atoms with Crippen molar-refractivity contribution in [3.8, 4) is 11.5 Å². The summed E-state index contributed by atoms with van der Waals surface area (Å²) in [6, 6.07) is 15.5. The molecule has 2 aromatic carbocycles. The van der Waals surface area contributed by atoms with E-state index < -0.39 is 0 Å². The number of amides is 1. The minimum Gasteiger partial charge on any atom is -0.497 e. The first kappa shape index (κ1) is 17.2. The minimum atomic E-state index is -0.00155. The molecule has 5 heteroatoms. The summed E-state index contributed by atoms with van der Waals surface area (Å²) in [5.41, 5.74) is 1.20. The highest BCUT2D eigenvalue weighted by Gasteiger charge is 2.03. The fourth-order valence-corrected chi connectivity index (χ4v) is 2.59. The fraction of sp³-hybridized carbons (Fsp3) is 0.278. The summed E-state index contributed by atoms with van der Waals surface area (Å²) in [5.74, 6) is 2.01. The minimum absolute atomic E-state index is 0.00155. The Morgan fingerprint density at radius 3 is 2.35 bits per heavy atom. The lowest BCUT2D eigenvalue weighted by atomic mass is 10.2. The molecule has 0 aliphatic rings. The zero-order chi connectivity index (χ0) is 16.5. The number of rotatable bonds is 8. The normalized spacial score (nSPS) is 10.2. The molecule has 0 fully saturated rings. The first-order chi connectivity index (χ1) is 11.2. The van der Waals surface area contributed by atoms with Gasteiger partial charge in [-0.25, -0.2) is 0 Å². The van der Waals surface area contributed by atoms with Gasteiger partial charge in [-0.3, -0.25) is 4.79 Å². The van der Waals surface area contributed by atoms with Crippen molar-refractivity contribution < 1.29 is 14.3 Å². The molecule has 0 atom stereocenters. The van der Waals surface area contributed by atoms with Crippen LogP contribution >= 0.6 is 11.8 Å². The van der Waals surface area contributed by atoms with Crippen LogP contribution in [-0.2, 0) is 4.79 Å². The topological polar surface area (TPSA) is 47.6 Å². The van der Waals surface area contributed by atoms with E-state index in [1.165, 1.54) is 17.3 Å². The van der Waals surface area contributed by atoms with E-state index in [4.69, 9.17) is 9.47 Å². The number of hydrogen-bond acceptors (Lipinski definition) is 4. The summed E-state index contributed by atoms with van der Waals surface area (Å²) in [5, 5.41) is 2.85. The molecular formula is C18H21NO3S. The molecule has 2 rings (SSSR count). The number of aryl methyl sites for hydroxylation is 1. The van der Waals surface area contributed by atoms with E-state index in [9.17, 15) is 4.79 Å². The second-order valence-electron chi connectivity index (χ2n) is 4.98. The molecule has 0 unspecified atom stereocenters. The van der Waals surface area contributed by atoms with Gasteiger partial charge >= 0.3 is 0 Å². The molecule has 0 aliphatic heterocycles. The van der Waals surface area contributed by atoms with Gasteiger partial charge in [0.05, 0.1) is 19.4 Å². The lowest BCUT2D eigenvalue weighted by molar-refractivity contribution is -0.118. The van der Waals surface area contributed by atoms with Gasteiger partial charge in [-0.2, -0.15) is 0 Å². The number of hydrogen-bond donors (Lipinski definition) is 1. The summed E-state index contributed by atoms with van der Waals surface area (Å²) in [4.78, 5) is 12.8. The largest absolute Gasteiger partial charge is 0.497 e. The van der Waals surface area contributed by atoms with Crippen LogP contribution in [0.15, 0.2) is 53.4 Å². The van der Waals surface area contributed by atoms with Crippen molar-refractivity contribution in [1.29, 1.82) is 0 Å². The van der Waals surface area contributed by atoms with Crippen molar-refractivity contribution in [2.45, 2.75) is 11.8 Å². The molecule has 1 amide bonds. The highest BCUT2D eigenvalue weighted by atomic mass is 32.2. The average molecular weight is 331 g/mol. The second-order valence-corrected chi connectivity index (χ2v) is 6.02. The Bertz CT molecular complexity index is 611. The Balaban J connectivity index is 1.62. The summed E-state index contributed by atoms with van der Waals surface area (Å²) in [6.45, 7) is 2.99. The molecule has 0 heterocycles. The molecular weight excluding hydrogens is 310 g/mol. The quantitative estimate of drug-likeness (QED) is 0.596. The van der Waals surface area contributed by atoms with Crippen molar-refractivity contribution in [3.05, 3.63) is 54.1 Å². The van der Waals surface area contributed by atoms with Crippen LogP contribution in [0.5, 0.6) is 11.5 Å². The van der Waals surface area contributed by atoms with Crippen LogP contribution in [0.25, 0.3) is 0 Å². The lowest BCUT2D eigenvalue weighted by Gasteiger charge is -2.08. The first-order valence-corrected chi connectivity index (χ1v) is 8.39. The molecule has 0 radical (unpaired) electrons. The molecule has 0 saturated carbocycles. The third-order valence-corrected chi connectivity index (χ3v) is 4.16. The van der Waals surface area contributed by atoms with Gasteiger partial charge in [0.2, 0.25) is 5.91 Å². The number of benzene rings is 2. The third kappa shape index (κ3) is 6.24. The van der Waals surface area contributed by atoms with Gasteiger partial charge < -0.3 is 14.8 Å². The van der Waals surface area contributed by atoms with E-state index in [1.54, 1.807) is 7.11 Å². The molecule has 0 aromatic heterocycles. The third-order valence-electron chi connectivity index (χ3n) is 3.14. The Labute approximate surface area is 141 Å². The van der Waals surface area contributed by atoms with Crippen molar-refractivity contribution in [1.82, 2.24) is 5.32 Å². The van der Waals surface area contributed by atoms with E-state index in [-0.39, 0.29) is 5.91 Å². The van der Waals surface area contributed by atoms with Crippen LogP contribution < -0.4 is 14.8 Å². The van der Waals surface area contributed by atoms with Gasteiger partial charge in [0.15, 0.2) is 0 Å². The maximum absolute atomic E-state index is 11.8. The molecule has 0 spiro atoms. The SMILES string of the molecule is COc1ccc(SCC(=O)NCCOc2ccc(C)cc2)cc1. The van der Waals surface area contributed by atoms with Gasteiger partial charge in [0, 0.05) is 4.90 Å². The van der Waals surface area contributed by atoms with Gasteiger partial charge in [-0.1, -0.05) is 17.7 Å². The predicted molar refractivity (Wildman–Crippen MR) is 93.4 cm³/mol. The zero-order valence-electron chi connectivity index (χ0n) is 13.4. The molecule has 0 saturated heterocycles. The van der Waals surface area contributed by atoms with E-state index in [2.05, 4.69) is 5.32 Å². The second kappa shape index (κ2) is 9.10. The summed E-state index contributed by atoms with van der Waals surface area (Å²) in [6.07, 6.45) is 0. The first-order valence-electron chi connectivity index (χ1n) is 7.40. The molecule has 23 heavy (non-hydrogen) atoms. The Morgan fingerprint density at radius 2 is 1.70 bits per heavy atom. The van der Waals surface area contributed by atoms with Gasteiger partial charge in [0.25, 0.3) is 0 Å². The van der Waals surface area contributed by atoms with E-state index in [0.29, 0.717) is 18.9 Å². The van der Waals surface area contributed by atoms with Crippen LogP contribution in [0, 0.1) is 6.92 Å². The number of carbonyl (C=O) groups excluding carboxylic acids is 1. The number of nitrogens with one attached hydrogen (secondary N) is 1. The molecule has 4 nitrogen and oxygen atoms in total. The molecule has 0 aliphatic carbocycles. The monoisotopic (exact) mass is 331 g/mol. The average Bonchev–Trinajstić information content (AvgIpc) is 2.59. The van der Waals surface area contributed by atoms with Crippen molar-refractivity contribution in [2.75, 3.05) is 26.0 Å². The predicted octanol–water partition coefficient (Wildman–Crippen LogP) is 3.29.